The summed E-state index contributed by atoms with van der Waals surface area (Å²) in [5.74, 6) is 1.27. The first-order valence-electron chi connectivity index (χ1n) is 12.5. The summed E-state index contributed by atoms with van der Waals surface area (Å²) >= 11 is 0. The zero-order chi connectivity index (χ0) is 25.6. The van der Waals surface area contributed by atoms with Gasteiger partial charge in [0.2, 0.25) is 0 Å². The van der Waals surface area contributed by atoms with Crippen LogP contribution in [0, 0.1) is 6.92 Å². The molecule has 1 aliphatic heterocycles. The number of benzene rings is 2. The molecule has 0 aliphatic carbocycles. The Hall–Kier alpha value is -4.14. The average molecular weight is 498 g/mol. The van der Waals surface area contributed by atoms with Crippen LogP contribution in [0.3, 0.4) is 0 Å². The number of piperidine rings is 1. The summed E-state index contributed by atoms with van der Waals surface area (Å²) in [5, 5.41) is 16.4. The molecule has 0 bridgehead atoms. The number of aromatic nitrogens is 2. The molecular formula is C29H31N5O3. The van der Waals surface area contributed by atoms with Gasteiger partial charge < -0.3 is 25.5 Å². The zero-order valence-corrected chi connectivity index (χ0v) is 20.8. The summed E-state index contributed by atoms with van der Waals surface area (Å²) in [6.45, 7) is 3.80. The molecule has 2 aromatic carbocycles. The standard InChI is InChI=1S/C29H31N5O3/c1-20-6-5-7-23(16-20)33-29(36)32-22-8-10-24(11-9-22)37-25-12-13-30-27(18-25)26-17-21(19-31-26)28(35)34-14-3-2-4-15-34/h5-13,16-19,28,31,35H,2-4,14-15H2,1H3,(H2,32,33,36). The summed E-state index contributed by atoms with van der Waals surface area (Å²) in [6.07, 6.45) is 6.37. The fraction of sp³-hybridized carbons (Fsp3) is 0.241. The topological polar surface area (TPSA) is 103 Å². The number of nitrogens with zero attached hydrogens (tertiary/aromatic N) is 2. The molecule has 8 heteroatoms. The van der Waals surface area contributed by atoms with Crippen molar-refractivity contribution in [2.75, 3.05) is 23.7 Å². The number of anilines is 2. The molecule has 4 N–H and O–H groups in total. The monoisotopic (exact) mass is 497 g/mol. The number of aliphatic hydroxyl groups excluding tert-OH is 1. The lowest BCUT2D eigenvalue weighted by Gasteiger charge is -2.30. The van der Waals surface area contributed by atoms with Crippen molar-refractivity contribution in [3.63, 3.8) is 0 Å². The van der Waals surface area contributed by atoms with Crippen molar-refractivity contribution >= 4 is 17.4 Å². The van der Waals surface area contributed by atoms with Crippen LogP contribution >= 0.6 is 0 Å². The molecule has 1 unspecified atom stereocenters. The number of aryl methyl sites for hydroxylation is 1. The maximum atomic E-state index is 12.3. The molecule has 0 saturated carbocycles. The van der Waals surface area contributed by atoms with Crippen molar-refractivity contribution in [3.05, 3.63) is 90.3 Å². The van der Waals surface area contributed by atoms with Crippen LogP contribution in [-0.2, 0) is 0 Å². The average Bonchev–Trinajstić information content (AvgIpc) is 3.41. The van der Waals surface area contributed by atoms with E-state index in [-0.39, 0.29) is 6.03 Å². The van der Waals surface area contributed by atoms with Crippen LogP contribution in [0.4, 0.5) is 16.2 Å². The summed E-state index contributed by atoms with van der Waals surface area (Å²) in [6, 6.07) is 20.1. The molecule has 0 radical (unpaired) electrons. The van der Waals surface area contributed by atoms with Gasteiger partial charge in [-0.05, 0) is 73.9 Å². The summed E-state index contributed by atoms with van der Waals surface area (Å²) in [4.78, 5) is 22.1. The van der Waals surface area contributed by atoms with Crippen molar-refractivity contribution in [1.82, 2.24) is 14.9 Å². The van der Waals surface area contributed by atoms with E-state index in [1.165, 1.54) is 6.42 Å². The SMILES string of the molecule is Cc1cccc(NC(=O)Nc2ccc(Oc3ccnc(-c4cc(C(O)N5CCCCC5)c[nH]4)c3)cc2)c1. The lowest BCUT2D eigenvalue weighted by molar-refractivity contribution is -0.00972. The highest BCUT2D eigenvalue weighted by atomic mass is 16.5. The molecule has 8 nitrogen and oxygen atoms in total. The number of likely N-dealkylation sites (tertiary alicyclic amines) is 1. The molecule has 1 aliphatic rings. The van der Waals surface area contributed by atoms with Crippen LogP contribution in [0.25, 0.3) is 11.4 Å². The van der Waals surface area contributed by atoms with Crippen molar-refractivity contribution in [2.45, 2.75) is 32.4 Å². The van der Waals surface area contributed by atoms with E-state index in [9.17, 15) is 9.90 Å². The van der Waals surface area contributed by atoms with Gasteiger partial charge in [0.05, 0.1) is 11.4 Å². The number of H-pyrrole nitrogens is 1. The van der Waals surface area contributed by atoms with E-state index in [0.717, 1.165) is 54.1 Å². The van der Waals surface area contributed by atoms with Gasteiger partial charge in [-0.25, -0.2) is 4.79 Å². The van der Waals surface area contributed by atoms with E-state index in [1.54, 1.807) is 36.5 Å². The third-order valence-electron chi connectivity index (χ3n) is 6.37. The van der Waals surface area contributed by atoms with E-state index in [2.05, 4.69) is 25.5 Å². The van der Waals surface area contributed by atoms with Gasteiger partial charge in [0.1, 0.15) is 17.7 Å². The highest BCUT2D eigenvalue weighted by Crippen LogP contribution is 2.29. The van der Waals surface area contributed by atoms with Crippen molar-refractivity contribution in [3.8, 4) is 22.9 Å². The summed E-state index contributed by atoms with van der Waals surface area (Å²) < 4.78 is 6.02. The molecule has 4 aromatic rings. The molecule has 37 heavy (non-hydrogen) atoms. The first-order valence-corrected chi connectivity index (χ1v) is 12.5. The highest BCUT2D eigenvalue weighted by Gasteiger charge is 2.21. The number of carbonyl (C=O) groups is 1. The minimum Gasteiger partial charge on any atom is -0.457 e. The van der Waals surface area contributed by atoms with Crippen LogP contribution in [0.5, 0.6) is 11.5 Å². The zero-order valence-electron chi connectivity index (χ0n) is 20.8. The van der Waals surface area contributed by atoms with Crippen molar-refractivity contribution in [1.29, 1.82) is 0 Å². The van der Waals surface area contributed by atoms with Crippen LogP contribution in [0.2, 0.25) is 0 Å². The van der Waals surface area contributed by atoms with Crippen LogP contribution in [0.1, 0.15) is 36.6 Å². The number of rotatable bonds is 7. The fourth-order valence-electron chi connectivity index (χ4n) is 4.46. The number of ether oxygens (including phenoxy) is 1. The third-order valence-corrected chi connectivity index (χ3v) is 6.37. The Morgan fingerprint density at radius 2 is 1.76 bits per heavy atom. The Labute approximate surface area is 216 Å². The maximum absolute atomic E-state index is 12.3. The number of amides is 2. The Morgan fingerprint density at radius 1 is 0.973 bits per heavy atom. The Kier molecular flexibility index (Phi) is 7.49. The lowest BCUT2D eigenvalue weighted by Crippen LogP contribution is -2.33. The third kappa shape index (κ3) is 6.35. The largest absolute Gasteiger partial charge is 0.457 e. The van der Waals surface area contributed by atoms with Crippen LogP contribution in [0.15, 0.2) is 79.1 Å². The minimum absolute atomic E-state index is 0.311. The van der Waals surface area contributed by atoms with Crippen LogP contribution in [-0.4, -0.2) is 39.1 Å². The maximum Gasteiger partial charge on any atom is 0.323 e. The second-order valence-electron chi connectivity index (χ2n) is 9.27. The van der Waals surface area contributed by atoms with Crippen molar-refractivity contribution < 1.29 is 14.6 Å². The minimum atomic E-state index is -0.615. The van der Waals surface area contributed by atoms with Gasteiger partial charge in [0, 0.05) is 48.5 Å². The molecule has 5 rings (SSSR count). The van der Waals surface area contributed by atoms with Gasteiger partial charge >= 0.3 is 6.03 Å². The first-order chi connectivity index (χ1) is 18.0. The number of aromatic amines is 1. The molecule has 3 heterocycles. The second kappa shape index (κ2) is 11.3. The van der Waals surface area contributed by atoms with E-state index in [1.807, 2.05) is 49.5 Å². The number of urea groups is 1. The molecule has 2 amide bonds. The van der Waals surface area contributed by atoms with E-state index >= 15 is 0 Å². The molecule has 2 aromatic heterocycles. The van der Waals surface area contributed by atoms with Crippen LogP contribution < -0.4 is 15.4 Å². The predicted molar refractivity (Wildman–Crippen MR) is 145 cm³/mol. The quantitative estimate of drug-likeness (QED) is 0.240. The number of nitrogens with one attached hydrogen (secondary N) is 3. The molecule has 190 valence electrons. The molecule has 0 spiro atoms. The first kappa shape index (κ1) is 24.5. The Balaban J connectivity index is 1.20. The fourth-order valence-corrected chi connectivity index (χ4v) is 4.46. The molecule has 1 fully saturated rings. The van der Waals surface area contributed by atoms with Gasteiger partial charge in [-0.15, -0.1) is 0 Å². The number of carbonyl (C=O) groups excluding carboxylic acids is 1. The number of hydrogen-bond donors (Lipinski definition) is 4. The number of aliphatic hydroxyl groups is 1. The number of hydrogen-bond acceptors (Lipinski definition) is 5. The smallest absolute Gasteiger partial charge is 0.323 e. The normalized spacial score (nSPS) is 14.6. The Morgan fingerprint density at radius 3 is 2.54 bits per heavy atom. The van der Waals surface area contributed by atoms with Gasteiger partial charge in [-0.1, -0.05) is 18.6 Å². The van der Waals surface area contributed by atoms with Crippen molar-refractivity contribution in [2.24, 2.45) is 0 Å². The Bertz CT molecular complexity index is 1350. The highest BCUT2D eigenvalue weighted by molar-refractivity contribution is 5.99. The van der Waals surface area contributed by atoms with Gasteiger partial charge in [-0.3, -0.25) is 9.88 Å². The van der Waals surface area contributed by atoms with Gasteiger partial charge in [0.15, 0.2) is 0 Å². The van der Waals surface area contributed by atoms with E-state index in [0.29, 0.717) is 17.2 Å². The second-order valence-corrected chi connectivity index (χ2v) is 9.27. The predicted octanol–water partition coefficient (Wildman–Crippen LogP) is 6.30. The van der Waals surface area contributed by atoms with Gasteiger partial charge in [0.25, 0.3) is 0 Å². The summed E-state index contributed by atoms with van der Waals surface area (Å²) in [7, 11) is 0. The van der Waals surface area contributed by atoms with E-state index < -0.39 is 6.23 Å². The molecular weight excluding hydrogens is 466 g/mol. The van der Waals surface area contributed by atoms with Gasteiger partial charge in [-0.2, -0.15) is 0 Å². The lowest BCUT2D eigenvalue weighted by atomic mass is 10.1. The molecule has 1 saturated heterocycles. The molecule has 1 atom stereocenters. The van der Waals surface area contributed by atoms with E-state index in [4.69, 9.17) is 4.74 Å². The number of pyridine rings is 1. The summed E-state index contributed by atoms with van der Waals surface area (Å²) in [5.41, 5.74) is 4.83.